The number of halogens is 2. The Labute approximate surface area is 427 Å². The van der Waals surface area contributed by atoms with Crippen molar-refractivity contribution in [2.45, 2.75) is 160 Å². The van der Waals surface area contributed by atoms with E-state index in [9.17, 15) is 38.4 Å². The second-order valence-corrected chi connectivity index (χ2v) is 18.1. The van der Waals surface area contributed by atoms with E-state index in [-0.39, 0.29) is 111 Å². The van der Waals surface area contributed by atoms with Gasteiger partial charge in [-0.2, -0.15) is 0 Å². The molecule has 0 heterocycles. The van der Waals surface area contributed by atoms with Gasteiger partial charge in [-0.05, 0) is 44.9 Å². The van der Waals surface area contributed by atoms with Gasteiger partial charge in [0.2, 0.25) is 35.4 Å². The first-order chi connectivity index (χ1) is 33.4. The maximum Gasteiger partial charge on any atom is 0.303 e. The van der Waals surface area contributed by atoms with Crippen LogP contribution in [-0.4, -0.2) is 148 Å². The van der Waals surface area contributed by atoms with E-state index in [4.69, 9.17) is 29.8 Å². The molecule has 0 saturated carbocycles. The maximum absolute atomic E-state index is 12.6. The molecule has 400 valence electrons. The van der Waals surface area contributed by atoms with Crippen molar-refractivity contribution in [2.24, 2.45) is 11.7 Å². The number of carbonyl (C=O) groups excluding carboxylic acids is 7. The average molecular weight is 1120 g/mol. The van der Waals surface area contributed by atoms with Gasteiger partial charge in [-0.1, -0.05) is 109 Å². The van der Waals surface area contributed by atoms with Crippen molar-refractivity contribution >= 4 is 79.1 Å². The summed E-state index contributed by atoms with van der Waals surface area (Å²) in [6.45, 7) is 3.64. The summed E-state index contributed by atoms with van der Waals surface area (Å²) in [4.78, 5) is 95.0. The lowest BCUT2D eigenvalue weighted by Crippen LogP contribution is -2.44. The quantitative estimate of drug-likeness (QED) is 0.0316. The van der Waals surface area contributed by atoms with Crippen LogP contribution in [-0.2, 0) is 57.3 Å². The van der Waals surface area contributed by atoms with Crippen LogP contribution in [0.3, 0.4) is 0 Å². The number of ketones is 1. The zero-order valence-electron chi connectivity index (χ0n) is 41.2. The summed E-state index contributed by atoms with van der Waals surface area (Å²) in [5, 5.41) is 22.9. The van der Waals surface area contributed by atoms with Crippen LogP contribution in [0.1, 0.15) is 154 Å². The molecular weight excluding hydrogens is 1030 g/mol. The number of nitrogens with two attached hydrogens (primary N) is 1. The number of Topliss-reactive ketones (excluding diaryl/α,β-unsaturated/α-hetero) is 1. The number of ether oxygens (including phenoxy) is 4. The molecule has 0 aliphatic rings. The Bertz CT molecular complexity index is 1400. The van der Waals surface area contributed by atoms with Crippen LogP contribution in [0.4, 0.5) is 0 Å². The first-order valence-electron chi connectivity index (χ1n) is 25.2. The molecular formula is C48H86Br2N6O13. The lowest BCUT2D eigenvalue weighted by Gasteiger charge is -2.16. The number of carboxylic acids is 1. The number of alkyl halides is 2. The topological polar surface area (TPSA) is 280 Å². The molecule has 69 heavy (non-hydrogen) atoms. The van der Waals surface area contributed by atoms with Crippen molar-refractivity contribution in [3.63, 3.8) is 0 Å². The Morgan fingerprint density at radius 2 is 0.884 bits per heavy atom. The predicted octanol–water partition coefficient (Wildman–Crippen LogP) is 4.91. The SMILES string of the molecule is NC(=O)C(CCCCNC(=O)CCOCCOCCNC(=O)CCOCCOCCNC(=O)[C@H](CCCNC(=O)CBr)CC(=O)CBr)NC(=O)CCCCCCCCCCCCCCCCC(=O)O. The first-order valence-corrected chi connectivity index (χ1v) is 27.5. The van der Waals surface area contributed by atoms with Gasteiger partial charge < -0.3 is 56.4 Å². The predicted molar refractivity (Wildman–Crippen MR) is 271 cm³/mol. The van der Waals surface area contributed by atoms with E-state index in [1.165, 1.54) is 44.9 Å². The van der Waals surface area contributed by atoms with Crippen LogP contribution < -0.4 is 32.3 Å². The number of hydrogen-bond acceptors (Lipinski definition) is 12. The van der Waals surface area contributed by atoms with Crippen molar-refractivity contribution in [3.05, 3.63) is 0 Å². The monoisotopic (exact) mass is 1110 g/mol. The Balaban J connectivity index is 3.71. The second-order valence-electron chi connectivity index (χ2n) is 17.0. The number of carboxylic acid groups (broad SMARTS) is 1. The number of primary amides is 1. The fourth-order valence-corrected chi connectivity index (χ4v) is 7.45. The summed E-state index contributed by atoms with van der Waals surface area (Å²) < 4.78 is 21.9. The van der Waals surface area contributed by atoms with Gasteiger partial charge in [0, 0.05) is 64.2 Å². The molecule has 8 N–H and O–H groups in total. The number of amides is 6. The lowest BCUT2D eigenvalue weighted by atomic mass is 9.96. The van der Waals surface area contributed by atoms with Gasteiger partial charge >= 0.3 is 5.97 Å². The molecule has 6 amide bonds. The second kappa shape index (κ2) is 48.4. The standard InChI is InChI=1S/C48H86Br2N6O13/c49-37-40(57)36-39(18-17-25-53-45(61)38-50)48(65)55-27-31-69-35-33-67-29-23-43(59)54-26-30-68-34-32-66-28-22-42(58)52-24-16-15-19-41(47(51)64)56-44(60)20-13-11-9-7-5-3-1-2-4-6-8-10-12-14-21-46(62)63/h39,41H,1-38H2,(H2,51,64)(H,52,58)(H,53,61)(H,54,59)(H,55,65)(H,56,60)(H,62,63)/t39-,41?/m1/s1. The average Bonchev–Trinajstić information content (AvgIpc) is 3.32. The van der Waals surface area contributed by atoms with Crippen molar-refractivity contribution < 1.29 is 62.4 Å². The minimum absolute atomic E-state index is 0.0716. The highest BCUT2D eigenvalue weighted by molar-refractivity contribution is 9.09. The fraction of sp³-hybridized carbons (Fsp3) is 0.833. The smallest absolute Gasteiger partial charge is 0.303 e. The Hall–Kier alpha value is -3.24. The number of unbranched alkanes of at least 4 members (excludes halogenated alkanes) is 14. The molecule has 21 heteroatoms. The molecule has 0 spiro atoms. The number of hydrogen-bond donors (Lipinski definition) is 7. The molecule has 0 radical (unpaired) electrons. The van der Waals surface area contributed by atoms with Crippen LogP contribution in [0, 0.1) is 5.92 Å². The third-order valence-corrected chi connectivity index (χ3v) is 12.1. The number of aliphatic carboxylic acids is 1. The fourth-order valence-electron chi connectivity index (χ4n) is 7.02. The molecule has 0 fully saturated rings. The highest BCUT2D eigenvalue weighted by Crippen LogP contribution is 2.15. The van der Waals surface area contributed by atoms with Crippen molar-refractivity contribution in [2.75, 3.05) is 89.7 Å². The lowest BCUT2D eigenvalue weighted by molar-refractivity contribution is -0.137. The zero-order chi connectivity index (χ0) is 51.0. The Morgan fingerprint density at radius 3 is 1.38 bits per heavy atom. The molecule has 19 nitrogen and oxygen atoms in total. The van der Waals surface area contributed by atoms with Gasteiger partial charge in [0.15, 0.2) is 0 Å². The summed E-state index contributed by atoms with van der Waals surface area (Å²) in [6, 6.07) is -0.731. The van der Waals surface area contributed by atoms with E-state index in [1.54, 1.807) is 0 Å². The largest absolute Gasteiger partial charge is 0.481 e. The Kier molecular flexibility index (Phi) is 46.1. The van der Waals surface area contributed by atoms with Gasteiger partial charge in [0.1, 0.15) is 11.8 Å². The van der Waals surface area contributed by atoms with Crippen LogP contribution in [0.5, 0.6) is 0 Å². The summed E-state index contributed by atoms with van der Waals surface area (Å²) in [6.07, 6.45) is 19.3. The van der Waals surface area contributed by atoms with Gasteiger partial charge in [0.25, 0.3) is 0 Å². The van der Waals surface area contributed by atoms with Crippen LogP contribution in [0.25, 0.3) is 0 Å². The molecule has 2 atom stereocenters. The van der Waals surface area contributed by atoms with Crippen LogP contribution >= 0.6 is 31.9 Å². The normalized spacial score (nSPS) is 11.9. The highest BCUT2D eigenvalue weighted by Gasteiger charge is 2.21. The van der Waals surface area contributed by atoms with Gasteiger partial charge in [-0.25, -0.2) is 0 Å². The number of carbonyl (C=O) groups is 8. The van der Waals surface area contributed by atoms with E-state index in [0.29, 0.717) is 78.0 Å². The number of nitrogens with one attached hydrogen (secondary N) is 5. The molecule has 0 aromatic rings. The zero-order valence-corrected chi connectivity index (χ0v) is 44.4. The van der Waals surface area contributed by atoms with E-state index in [1.807, 2.05) is 0 Å². The van der Waals surface area contributed by atoms with Gasteiger partial charge in [-0.3, -0.25) is 38.4 Å². The molecule has 0 saturated heterocycles. The molecule has 0 aromatic carbocycles. The minimum atomic E-state index is -0.731. The third kappa shape index (κ3) is 45.6. The van der Waals surface area contributed by atoms with Crippen molar-refractivity contribution in [1.82, 2.24) is 26.6 Å². The molecule has 0 rings (SSSR count). The summed E-state index contributed by atoms with van der Waals surface area (Å²) in [7, 11) is 0. The summed E-state index contributed by atoms with van der Waals surface area (Å²) >= 11 is 6.21. The summed E-state index contributed by atoms with van der Waals surface area (Å²) in [5.74, 6) is -2.71. The maximum atomic E-state index is 12.6. The van der Waals surface area contributed by atoms with Crippen LogP contribution in [0.15, 0.2) is 0 Å². The highest BCUT2D eigenvalue weighted by atomic mass is 79.9. The molecule has 1 unspecified atom stereocenters. The number of rotatable bonds is 51. The van der Waals surface area contributed by atoms with Gasteiger partial charge in [0.05, 0.1) is 63.5 Å². The summed E-state index contributed by atoms with van der Waals surface area (Å²) in [5.41, 5.74) is 5.53. The van der Waals surface area contributed by atoms with E-state index < -0.39 is 23.8 Å². The van der Waals surface area contributed by atoms with E-state index >= 15 is 0 Å². The Morgan fingerprint density at radius 1 is 0.435 bits per heavy atom. The molecule has 0 aliphatic heterocycles. The van der Waals surface area contributed by atoms with E-state index in [0.717, 1.165) is 44.9 Å². The third-order valence-electron chi connectivity index (χ3n) is 10.9. The first kappa shape index (κ1) is 65.8. The minimum Gasteiger partial charge on any atom is -0.481 e. The van der Waals surface area contributed by atoms with E-state index in [2.05, 4.69) is 58.4 Å². The molecule has 0 bridgehead atoms. The molecule has 0 aliphatic carbocycles. The van der Waals surface area contributed by atoms with Gasteiger partial charge in [-0.15, -0.1) is 0 Å². The van der Waals surface area contributed by atoms with Crippen molar-refractivity contribution in [1.29, 1.82) is 0 Å². The molecule has 0 aromatic heterocycles. The van der Waals surface area contributed by atoms with Crippen molar-refractivity contribution in [3.8, 4) is 0 Å². The van der Waals surface area contributed by atoms with Crippen LogP contribution in [0.2, 0.25) is 0 Å².